The van der Waals surface area contributed by atoms with E-state index < -0.39 is 54.5 Å². The molecule has 1 aromatic rings. The number of aryl methyl sites for hydroxylation is 1. The molecule has 10 nitrogen and oxygen atoms in total. The fraction of sp³-hybridized carbons (Fsp3) is 0.524. The van der Waals surface area contributed by atoms with Gasteiger partial charge in [0.05, 0.1) is 0 Å². The summed E-state index contributed by atoms with van der Waals surface area (Å²) in [5, 5.41) is 2.65. The predicted molar refractivity (Wildman–Crippen MR) is 106 cm³/mol. The number of hydrogen-bond donors (Lipinski definition) is 1. The topological polar surface area (TPSA) is 126 Å². The van der Waals surface area contributed by atoms with Crippen LogP contribution >= 0.6 is 0 Å². The first kappa shape index (κ1) is 24.1. The fourth-order valence-corrected chi connectivity index (χ4v) is 3.21. The van der Waals surface area contributed by atoms with E-state index in [1.165, 1.54) is 27.7 Å². The number of para-hydroxylation sites is 1. The van der Waals surface area contributed by atoms with Crippen molar-refractivity contribution in [3.05, 3.63) is 29.8 Å². The van der Waals surface area contributed by atoms with Gasteiger partial charge in [0.15, 0.2) is 12.2 Å². The lowest BCUT2D eigenvalue weighted by Gasteiger charge is -2.44. The highest BCUT2D eigenvalue weighted by atomic mass is 16.7. The van der Waals surface area contributed by atoms with Crippen molar-refractivity contribution < 1.29 is 42.9 Å². The van der Waals surface area contributed by atoms with E-state index in [0.717, 1.165) is 5.56 Å². The quantitative estimate of drug-likeness (QED) is 0.491. The number of hydrogen-bond acceptors (Lipinski definition) is 9. The van der Waals surface area contributed by atoms with Gasteiger partial charge in [0.25, 0.3) is 0 Å². The second-order valence-electron chi connectivity index (χ2n) is 7.10. The van der Waals surface area contributed by atoms with E-state index in [2.05, 4.69) is 5.32 Å². The van der Waals surface area contributed by atoms with Crippen LogP contribution in [0.4, 0.5) is 0 Å². The zero-order valence-electron chi connectivity index (χ0n) is 18.1. The molecule has 5 atom stereocenters. The van der Waals surface area contributed by atoms with E-state index in [0.29, 0.717) is 5.75 Å². The maximum atomic E-state index is 11.9. The number of benzene rings is 1. The molecule has 0 aliphatic carbocycles. The van der Waals surface area contributed by atoms with E-state index in [1.54, 1.807) is 12.1 Å². The Balaban J connectivity index is 2.46. The second kappa shape index (κ2) is 10.8. The Hall–Kier alpha value is -3.14. The number of nitrogens with one attached hydrogen (secondary N) is 1. The van der Waals surface area contributed by atoms with Gasteiger partial charge < -0.3 is 29.0 Å². The number of esters is 3. The Morgan fingerprint density at radius 2 is 1.55 bits per heavy atom. The molecule has 1 aliphatic heterocycles. The number of rotatable bonds is 7. The molecule has 0 bridgehead atoms. The molecule has 0 radical (unpaired) electrons. The molecule has 0 unspecified atom stereocenters. The van der Waals surface area contributed by atoms with Crippen LogP contribution in [-0.2, 0) is 38.1 Å². The van der Waals surface area contributed by atoms with Crippen molar-refractivity contribution in [2.75, 3.05) is 6.61 Å². The zero-order valence-corrected chi connectivity index (χ0v) is 18.1. The van der Waals surface area contributed by atoms with Crippen molar-refractivity contribution in [2.45, 2.75) is 65.3 Å². The largest absolute Gasteiger partial charge is 0.463 e. The summed E-state index contributed by atoms with van der Waals surface area (Å²) >= 11 is 0. The number of amides is 1. The maximum absolute atomic E-state index is 11.9. The minimum Gasteiger partial charge on any atom is -0.463 e. The zero-order chi connectivity index (χ0) is 23.1. The van der Waals surface area contributed by atoms with Crippen LogP contribution in [0.25, 0.3) is 0 Å². The summed E-state index contributed by atoms with van der Waals surface area (Å²) in [7, 11) is 0. The first-order valence-electron chi connectivity index (χ1n) is 9.71. The number of carbonyl (C=O) groups is 4. The Morgan fingerprint density at radius 3 is 2.10 bits per heavy atom. The summed E-state index contributed by atoms with van der Waals surface area (Å²) in [4.78, 5) is 46.8. The van der Waals surface area contributed by atoms with Gasteiger partial charge in [-0.2, -0.15) is 0 Å². The van der Waals surface area contributed by atoms with Crippen molar-refractivity contribution in [3.63, 3.8) is 0 Å². The molecular formula is C21H27NO9. The van der Waals surface area contributed by atoms with Crippen molar-refractivity contribution >= 4 is 23.8 Å². The summed E-state index contributed by atoms with van der Waals surface area (Å²) < 4.78 is 27.8. The van der Waals surface area contributed by atoms with Gasteiger partial charge in [-0.05, 0) is 18.6 Å². The van der Waals surface area contributed by atoms with Crippen molar-refractivity contribution in [3.8, 4) is 5.75 Å². The van der Waals surface area contributed by atoms with Gasteiger partial charge in [0.2, 0.25) is 12.2 Å². The predicted octanol–water partition coefficient (Wildman–Crippen LogP) is 1.03. The van der Waals surface area contributed by atoms with Crippen LogP contribution in [0.1, 0.15) is 33.3 Å². The van der Waals surface area contributed by atoms with Gasteiger partial charge in [0, 0.05) is 27.7 Å². The van der Waals surface area contributed by atoms with E-state index >= 15 is 0 Å². The monoisotopic (exact) mass is 437 g/mol. The third kappa shape index (κ3) is 6.95. The van der Waals surface area contributed by atoms with E-state index in [4.69, 9.17) is 23.7 Å². The molecule has 1 heterocycles. The third-order valence-corrected chi connectivity index (χ3v) is 4.41. The molecule has 0 spiro atoms. The first-order valence-corrected chi connectivity index (χ1v) is 9.71. The molecule has 1 N–H and O–H groups in total. The summed E-state index contributed by atoms with van der Waals surface area (Å²) in [6, 6.07) is 6.12. The minimum absolute atomic E-state index is 0.286. The van der Waals surface area contributed by atoms with Crippen LogP contribution in [0.2, 0.25) is 0 Å². The Bertz CT molecular complexity index is 825. The van der Waals surface area contributed by atoms with Crippen LogP contribution in [0, 0.1) is 6.92 Å². The molecule has 1 saturated heterocycles. The Morgan fingerprint density at radius 1 is 0.935 bits per heavy atom. The number of ether oxygens (including phenoxy) is 5. The lowest BCUT2D eigenvalue weighted by atomic mass is 9.96. The average molecular weight is 437 g/mol. The summed E-state index contributed by atoms with van der Waals surface area (Å²) in [6.45, 7) is 6.40. The van der Waals surface area contributed by atoms with Crippen LogP contribution in [-0.4, -0.2) is 61.1 Å². The van der Waals surface area contributed by atoms with Crippen LogP contribution in [0.15, 0.2) is 24.3 Å². The third-order valence-electron chi connectivity index (χ3n) is 4.41. The normalized spacial score (nSPS) is 25.1. The second-order valence-corrected chi connectivity index (χ2v) is 7.10. The van der Waals surface area contributed by atoms with Crippen LogP contribution in [0.3, 0.4) is 0 Å². The smallest absolute Gasteiger partial charge is 0.303 e. The fourth-order valence-electron chi connectivity index (χ4n) is 3.21. The lowest BCUT2D eigenvalue weighted by Crippen LogP contribution is -2.67. The lowest BCUT2D eigenvalue weighted by molar-refractivity contribution is -0.257. The molecule has 10 heteroatoms. The molecule has 1 fully saturated rings. The van der Waals surface area contributed by atoms with Crippen LogP contribution in [0.5, 0.6) is 5.75 Å². The van der Waals surface area contributed by atoms with Gasteiger partial charge in [-0.15, -0.1) is 0 Å². The van der Waals surface area contributed by atoms with Crippen molar-refractivity contribution in [1.82, 2.24) is 5.32 Å². The van der Waals surface area contributed by atoms with Gasteiger partial charge in [-0.3, -0.25) is 19.2 Å². The summed E-state index contributed by atoms with van der Waals surface area (Å²) in [6.07, 6.45) is -4.47. The number of carbonyl (C=O) groups excluding carboxylic acids is 4. The van der Waals surface area contributed by atoms with Gasteiger partial charge in [-0.1, -0.05) is 18.2 Å². The van der Waals surface area contributed by atoms with Crippen molar-refractivity contribution in [1.29, 1.82) is 0 Å². The van der Waals surface area contributed by atoms with E-state index in [1.807, 2.05) is 19.1 Å². The summed E-state index contributed by atoms with van der Waals surface area (Å²) in [5.74, 6) is -1.88. The molecule has 1 aromatic carbocycles. The van der Waals surface area contributed by atoms with Gasteiger partial charge >= 0.3 is 17.9 Å². The molecule has 2 rings (SSSR count). The van der Waals surface area contributed by atoms with Crippen molar-refractivity contribution in [2.24, 2.45) is 0 Å². The Labute approximate surface area is 180 Å². The van der Waals surface area contributed by atoms with Gasteiger partial charge in [0.1, 0.15) is 24.5 Å². The molecule has 31 heavy (non-hydrogen) atoms. The highest BCUT2D eigenvalue weighted by molar-refractivity contribution is 5.73. The molecular weight excluding hydrogens is 410 g/mol. The minimum atomic E-state index is -1.16. The standard InChI is InChI=1S/C21H27NO9/c1-11-8-6-7-9-16(11)30-21-18(22-12(2)23)20(29-15(5)26)19(28-14(4)25)17(31-21)10-27-13(3)24/h6-9,17-21H,10H2,1-5H3,(H,22,23)/t17-,18+,19-,20-,21-/m1/s1. The van der Waals surface area contributed by atoms with Crippen LogP contribution < -0.4 is 10.1 Å². The molecule has 1 aliphatic rings. The molecule has 170 valence electrons. The summed E-state index contributed by atoms with van der Waals surface area (Å²) in [5.41, 5.74) is 0.801. The van der Waals surface area contributed by atoms with Gasteiger partial charge in [-0.25, -0.2) is 0 Å². The Kier molecular flexibility index (Phi) is 8.38. The molecule has 0 saturated carbocycles. The average Bonchev–Trinajstić information content (AvgIpc) is 2.65. The highest BCUT2D eigenvalue weighted by Gasteiger charge is 2.52. The SMILES string of the molecule is CC(=O)N[C@@H]1[C@H](Oc2ccccc2C)O[C@H](COC(C)=O)[C@@H](OC(C)=O)[C@@H]1OC(C)=O. The highest BCUT2D eigenvalue weighted by Crippen LogP contribution is 2.30. The first-order chi connectivity index (χ1) is 14.6. The van der Waals surface area contributed by atoms with E-state index in [-0.39, 0.29) is 6.61 Å². The molecule has 1 amide bonds. The van der Waals surface area contributed by atoms with E-state index in [9.17, 15) is 19.2 Å². The maximum Gasteiger partial charge on any atom is 0.303 e. The molecule has 0 aromatic heterocycles.